The van der Waals surface area contributed by atoms with Gasteiger partial charge < -0.3 is 4.74 Å². The van der Waals surface area contributed by atoms with Crippen molar-refractivity contribution < 1.29 is 9.53 Å². The Hall–Kier alpha value is -0.940. The van der Waals surface area contributed by atoms with E-state index in [-0.39, 0.29) is 5.97 Å². The second kappa shape index (κ2) is 4.52. The molecule has 0 aromatic carbocycles. The van der Waals surface area contributed by atoms with E-state index in [9.17, 15) is 4.79 Å². The lowest BCUT2D eigenvalue weighted by atomic mass is 10.0. The fraction of sp³-hybridized carbons (Fsp3) is 0.556. The lowest BCUT2D eigenvalue weighted by molar-refractivity contribution is -0.150. The maximum Gasteiger partial charge on any atom is 0.333 e. The largest absolute Gasteiger partial charge is 0.464 e. The SMILES string of the molecule is CCOC(=O)C(C)(NC)c1nccs1. The lowest BCUT2D eigenvalue weighted by Gasteiger charge is -2.23. The molecular formula is C9H14N2O2S. The summed E-state index contributed by atoms with van der Waals surface area (Å²) in [5.41, 5.74) is -0.829. The van der Waals surface area contributed by atoms with Crippen molar-refractivity contribution >= 4 is 17.3 Å². The van der Waals surface area contributed by atoms with Crippen LogP contribution in [0.25, 0.3) is 0 Å². The molecule has 1 rings (SSSR count). The molecule has 0 bridgehead atoms. The molecule has 0 radical (unpaired) electrons. The van der Waals surface area contributed by atoms with Crippen LogP contribution in [0.4, 0.5) is 0 Å². The summed E-state index contributed by atoms with van der Waals surface area (Å²) in [4.78, 5) is 15.8. The number of carbonyl (C=O) groups is 1. The quantitative estimate of drug-likeness (QED) is 0.764. The van der Waals surface area contributed by atoms with Crippen LogP contribution in [-0.2, 0) is 15.1 Å². The van der Waals surface area contributed by atoms with Crippen molar-refractivity contribution in [3.8, 4) is 0 Å². The number of rotatable bonds is 4. The molecule has 0 fully saturated rings. The third-order valence-electron chi connectivity index (χ3n) is 2.04. The first kappa shape index (κ1) is 11.1. The van der Waals surface area contributed by atoms with Crippen LogP contribution in [0.5, 0.6) is 0 Å². The number of aromatic nitrogens is 1. The maximum absolute atomic E-state index is 11.7. The minimum atomic E-state index is -0.829. The van der Waals surface area contributed by atoms with Crippen LogP contribution in [0.15, 0.2) is 11.6 Å². The highest BCUT2D eigenvalue weighted by atomic mass is 32.1. The first-order chi connectivity index (χ1) is 6.65. The van der Waals surface area contributed by atoms with Gasteiger partial charge in [0.2, 0.25) is 0 Å². The summed E-state index contributed by atoms with van der Waals surface area (Å²) < 4.78 is 4.99. The zero-order chi connectivity index (χ0) is 10.6. The Morgan fingerprint density at radius 2 is 2.50 bits per heavy atom. The van der Waals surface area contributed by atoms with Crippen molar-refractivity contribution in [3.05, 3.63) is 16.6 Å². The minimum Gasteiger partial charge on any atom is -0.464 e. The Bertz CT molecular complexity index is 300. The molecule has 5 heteroatoms. The van der Waals surface area contributed by atoms with E-state index in [0.717, 1.165) is 5.01 Å². The average molecular weight is 214 g/mol. The zero-order valence-corrected chi connectivity index (χ0v) is 9.35. The van der Waals surface area contributed by atoms with Gasteiger partial charge in [0.15, 0.2) is 5.54 Å². The van der Waals surface area contributed by atoms with Crippen molar-refractivity contribution in [2.24, 2.45) is 0 Å². The minimum absolute atomic E-state index is 0.294. The van der Waals surface area contributed by atoms with Crippen LogP contribution in [0.1, 0.15) is 18.9 Å². The average Bonchev–Trinajstić information content (AvgIpc) is 2.70. The Kier molecular flexibility index (Phi) is 3.60. The van der Waals surface area contributed by atoms with E-state index >= 15 is 0 Å². The molecule has 1 aromatic rings. The highest BCUT2D eigenvalue weighted by Crippen LogP contribution is 2.23. The van der Waals surface area contributed by atoms with Gasteiger partial charge in [0.1, 0.15) is 5.01 Å². The summed E-state index contributed by atoms with van der Waals surface area (Å²) in [7, 11) is 1.72. The van der Waals surface area contributed by atoms with Gasteiger partial charge in [-0.3, -0.25) is 5.32 Å². The molecule has 78 valence electrons. The molecule has 0 spiro atoms. The molecule has 0 aliphatic rings. The monoisotopic (exact) mass is 214 g/mol. The van der Waals surface area contributed by atoms with E-state index in [1.165, 1.54) is 11.3 Å². The Morgan fingerprint density at radius 3 is 2.93 bits per heavy atom. The number of hydrogen-bond acceptors (Lipinski definition) is 5. The van der Waals surface area contributed by atoms with Crippen LogP contribution < -0.4 is 5.32 Å². The Morgan fingerprint density at radius 1 is 1.79 bits per heavy atom. The van der Waals surface area contributed by atoms with Crippen molar-refractivity contribution in [2.75, 3.05) is 13.7 Å². The number of carbonyl (C=O) groups excluding carboxylic acids is 1. The summed E-state index contributed by atoms with van der Waals surface area (Å²) in [5.74, 6) is -0.294. The number of likely N-dealkylation sites (N-methyl/N-ethyl adjacent to an activating group) is 1. The van der Waals surface area contributed by atoms with E-state index in [1.807, 2.05) is 5.38 Å². The summed E-state index contributed by atoms with van der Waals surface area (Å²) in [6.07, 6.45) is 1.68. The molecule has 1 N–H and O–H groups in total. The van der Waals surface area contributed by atoms with Crippen LogP contribution in [0.3, 0.4) is 0 Å². The highest BCUT2D eigenvalue weighted by molar-refractivity contribution is 7.09. The van der Waals surface area contributed by atoms with Gasteiger partial charge in [0, 0.05) is 11.6 Å². The smallest absolute Gasteiger partial charge is 0.333 e. The third kappa shape index (κ3) is 1.93. The van der Waals surface area contributed by atoms with Gasteiger partial charge in [-0.2, -0.15) is 0 Å². The second-order valence-corrected chi connectivity index (χ2v) is 3.83. The van der Waals surface area contributed by atoms with Gasteiger partial charge in [-0.15, -0.1) is 11.3 Å². The van der Waals surface area contributed by atoms with Gasteiger partial charge in [-0.05, 0) is 20.9 Å². The fourth-order valence-corrected chi connectivity index (χ4v) is 1.84. The molecule has 0 aliphatic carbocycles. The molecule has 1 unspecified atom stereocenters. The van der Waals surface area contributed by atoms with E-state index < -0.39 is 5.54 Å². The van der Waals surface area contributed by atoms with Crippen LogP contribution in [0.2, 0.25) is 0 Å². The van der Waals surface area contributed by atoms with Gasteiger partial charge in [-0.1, -0.05) is 0 Å². The predicted octanol–water partition coefficient (Wildman–Crippen LogP) is 1.14. The molecular weight excluding hydrogens is 200 g/mol. The topological polar surface area (TPSA) is 51.2 Å². The van der Waals surface area contributed by atoms with Crippen molar-refractivity contribution in [3.63, 3.8) is 0 Å². The van der Waals surface area contributed by atoms with E-state index in [1.54, 1.807) is 27.1 Å². The van der Waals surface area contributed by atoms with Gasteiger partial charge in [0.05, 0.1) is 6.61 Å². The lowest BCUT2D eigenvalue weighted by Crippen LogP contribution is -2.45. The van der Waals surface area contributed by atoms with Crippen molar-refractivity contribution in [1.29, 1.82) is 0 Å². The summed E-state index contributed by atoms with van der Waals surface area (Å²) >= 11 is 1.43. The molecule has 1 aromatic heterocycles. The van der Waals surface area contributed by atoms with E-state index in [0.29, 0.717) is 6.61 Å². The summed E-state index contributed by atoms with van der Waals surface area (Å²) in [6.45, 7) is 3.93. The standard InChI is InChI=1S/C9H14N2O2S/c1-4-13-8(12)9(2,10-3)7-11-5-6-14-7/h5-6,10H,4H2,1-3H3. The Labute approximate surface area is 87.3 Å². The highest BCUT2D eigenvalue weighted by Gasteiger charge is 2.37. The molecule has 0 amide bonds. The third-order valence-corrected chi connectivity index (χ3v) is 3.04. The van der Waals surface area contributed by atoms with Crippen LogP contribution in [-0.4, -0.2) is 24.6 Å². The van der Waals surface area contributed by atoms with Gasteiger partial charge in [-0.25, -0.2) is 9.78 Å². The number of thiazole rings is 1. The number of nitrogens with one attached hydrogen (secondary N) is 1. The zero-order valence-electron chi connectivity index (χ0n) is 8.53. The van der Waals surface area contributed by atoms with Gasteiger partial charge in [0.25, 0.3) is 0 Å². The number of esters is 1. The Balaban J connectivity index is 2.92. The fourth-order valence-electron chi connectivity index (χ4n) is 1.04. The van der Waals surface area contributed by atoms with Crippen molar-refractivity contribution in [1.82, 2.24) is 10.3 Å². The maximum atomic E-state index is 11.7. The summed E-state index contributed by atoms with van der Waals surface area (Å²) in [6, 6.07) is 0. The molecule has 14 heavy (non-hydrogen) atoms. The number of nitrogens with zero attached hydrogens (tertiary/aromatic N) is 1. The first-order valence-electron chi connectivity index (χ1n) is 4.41. The van der Waals surface area contributed by atoms with Crippen LogP contribution in [0, 0.1) is 0 Å². The molecule has 1 atom stereocenters. The molecule has 0 saturated heterocycles. The normalized spacial score (nSPS) is 14.8. The van der Waals surface area contributed by atoms with Gasteiger partial charge >= 0.3 is 5.97 Å². The molecule has 0 saturated carbocycles. The molecule has 1 heterocycles. The first-order valence-corrected chi connectivity index (χ1v) is 5.29. The number of hydrogen-bond donors (Lipinski definition) is 1. The predicted molar refractivity (Wildman–Crippen MR) is 55.2 cm³/mol. The van der Waals surface area contributed by atoms with Crippen molar-refractivity contribution in [2.45, 2.75) is 19.4 Å². The van der Waals surface area contributed by atoms with E-state index in [2.05, 4.69) is 10.3 Å². The molecule has 0 aliphatic heterocycles. The second-order valence-electron chi connectivity index (χ2n) is 2.93. The van der Waals surface area contributed by atoms with E-state index in [4.69, 9.17) is 4.74 Å². The number of ether oxygens (including phenoxy) is 1. The van der Waals surface area contributed by atoms with Crippen LogP contribution >= 0.6 is 11.3 Å². The summed E-state index contributed by atoms with van der Waals surface area (Å²) in [5, 5.41) is 5.50. The molecule has 4 nitrogen and oxygen atoms in total.